The molecule has 3 rings (SSSR count). The second kappa shape index (κ2) is 7.60. The standard InChI is InChI=1S/C17H31N3O3S/c1-2-8-18-16(19-12-14-5-10-24(21,22)13-14)20-15-4-9-23-17(11-15)6-3-7-17/h14-15H,2-13H2,1H3,(H2,18,19,20). The average molecular weight is 358 g/mol. The molecule has 0 bridgehead atoms. The Morgan fingerprint density at radius 3 is 2.79 bits per heavy atom. The second-order valence-corrected chi connectivity index (χ2v) is 9.83. The van der Waals surface area contributed by atoms with Crippen molar-refractivity contribution in [3.63, 3.8) is 0 Å². The van der Waals surface area contributed by atoms with Crippen LogP contribution in [0.4, 0.5) is 0 Å². The molecule has 0 aromatic heterocycles. The molecule has 2 heterocycles. The van der Waals surface area contributed by atoms with E-state index in [1.165, 1.54) is 19.3 Å². The van der Waals surface area contributed by atoms with Crippen molar-refractivity contribution in [3.8, 4) is 0 Å². The number of sulfone groups is 1. The summed E-state index contributed by atoms with van der Waals surface area (Å²) < 4.78 is 29.2. The zero-order valence-electron chi connectivity index (χ0n) is 14.7. The lowest BCUT2D eigenvalue weighted by atomic mass is 9.74. The van der Waals surface area contributed by atoms with Crippen LogP contribution in [0.25, 0.3) is 0 Å². The molecule has 2 unspecified atom stereocenters. The van der Waals surface area contributed by atoms with Gasteiger partial charge in [0.25, 0.3) is 0 Å². The van der Waals surface area contributed by atoms with Crippen molar-refractivity contribution >= 4 is 15.8 Å². The Morgan fingerprint density at radius 2 is 2.17 bits per heavy atom. The normalized spacial score (nSPS) is 31.6. The van der Waals surface area contributed by atoms with Gasteiger partial charge in [0.15, 0.2) is 15.8 Å². The topological polar surface area (TPSA) is 79.8 Å². The van der Waals surface area contributed by atoms with Gasteiger partial charge in [0.05, 0.1) is 17.1 Å². The van der Waals surface area contributed by atoms with Crippen LogP contribution in [0.3, 0.4) is 0 Å². The van der Waals surface area contributed by atoms with Crippen molar-refractivity contribution in [2.75, 3.05) is 31.2 Å². The minimum atomic E-state index is -2.83. The van der Waals surface area contributed by atoms with Crippen molar-refractivity contribution in [1.82, 2.24) is 10.6 Å². The number of rotatable bonds is 5. The third-order valence-corrected chi connectivity index (χ3v) is 7.31. The Balaban J connectivity index is 1.55. The highest BCUT2D eigenvalue weighted by Crippen LogP contribution is 2.42. The quantitative estimate of drug-likeness (QED) is 0.575. The summed E-state index contributed by atoms with van der Waals surface area (Å²) in [5.41, 5.74) is 0.116. The molecule has 24 heavy (non-hydrogen) atoms. The molecule has 7 heteroatoms. The van der Waals surface area contributed by atoms with Crippen molar-refractivity contribution < 1.29 is 13.2 Å². The number of hydrogen-bond donors (Lipinski definition) is 2. The van der Waals surface area contributed by atoms with Gasteiger partial charge in [-0.25, -0.2) is 8.42 Å². The van der Waals surface area contributed by atoms with Crippen LogP contribution < -0.4 is 10.6 Å². The van der Waals surface area contributed by atoms with Crippen LogP contribution in [-0.4, -0.2) is 57.2 Å². The van der Waals surface area contributed by atoms with Crippen LogP contribution in [0.1, 0.15) is 51.9 Å². The molecule has 6 nitrogen and oxygen atoms in total. The molecule has 1 spiro atoms. The predicted molar refractivity (Wildman–Crippen MR) is 96.0 cm³/mol. The van der Waals surface area contributed by atoms with Crippen LogP contribution >= 0.6 is 0 Å². The minimum absolute atomic E-state index is 0.116. The molecule has 2 atom stereocenters. The molecule has 3 fully saturated rings. The summed E-state index contributed by atoms with van der Waals surface area (Å²) >= 11 is 0. The fourth-order valence-electron chi connectivity index (χ4n) is 3.90. The van der Waals surface area contributed by atoms with Gasteiger partial charge in [-0.15, -0.1) is 0 Å². The van der Waals surface area contributed by atoms with Crippen LogP contribution in [0.15, 0.2) is 4.99 Å². The van der Waals surface area contributed by atoms with Crippen molar-refractivity contribution in [2.24, 2.45) is 10.9 Å². The highest BCUT2D eigenvalue weighted by atomic mass is 32.2. The Labute approximate surface area is 145 Å². The fourth-order valence-corrected chi connectivity index (χ4v) is 5.75. The van der Waals surface area contributed by atoms with E-state index in [1.807, 2.05) is 0 Å². The molecule has 138 valence electrons. The zero-order valence-corrected chi connectivity index (χ0v) is 15.5. The number of nitrogens with zero attached hydrogens (tertiary/aromatic N) is 1. The first-order valence-electron chi connectivity index (χ1n) is 9.39. The van der Waals surface area contributed by atoms with E-state index in [-0.39, 0.29) is 17.3 Å². The molecule has 0 radical (unpaired) electrons. The monoisotopic (exact) mass is 357 g/mol. The highest BCUT2D eigenvalue weighted by Gasteiger charge is 2.42. The summed E-state index contributed by atoms with van der Waals surface area (Å²) in [6, 6.07) is 0.398. The lowest BCUT2D eigenvalue weighted by Crippen LogP contribution is -2.54. The van der Waals surface area contributed by atoms with Gasteiger partial charge in [-0.05, 0) is 50.9 Å². The maximum absolute atomic E-state index is 11.6. The minimum Gasteiger partial charge on any atom is -0.375 e. The molecular formula is C17H31N3O3S. The summed E-state index contributed by atoms with van der Waals surface area (Å²) in [5, 5.41) is 6.94. The number of guanidine groups is 1. The van der Waals surface area contributed by atoms with Crippen molar-refractivity contribution in [3.05, 3.63) is 0 Å². The zero-order chi connectivity index (χ0) is 17.0. The third kappa shape index (κ3) is 4.63. The lowest BCUT2D eigenvalue weighted by molar-refractivity contribution is -0.134. The van der Waals surface area contributed by atoms with Gasteiger partial charge >= 0.3 is 0 Å². The maximum Gasteiger partial charge on any atom is 0.191 e. The predicted octanol–water partition coefficient (Wildman–Crippen LogP) is 1.47. The molecule has 2 N–H and O–H groups in total. The van der Waals surface area contributed by atoms with Gasteiger partial charge in [0.1, 0.15) is 0 Å². The van der Waals surface area contributed by atoms with E-state index in [0.717, 1.165) is 44.8 Å². The smallest absolute Gasteiger partial charge is 0.191 e. The van der Waals surface area contributed by atoms with E-state index in [1.54, 1.807) is 0 Å². The van der Waals surface area contributed by atoms with E-state index in [9.17, 15) is 8.42 Å². The Hall–Kier alpha value is -0.820. The second-order valence-electron chi connectivity index (χ2n) is 7.60. The third-order valence-electron chi connectivity index (χ3n) is 5.48. The Morgan fingerprint density at radius 1 is 1.33 bits per heavy atom. The molecule has 1 saturated carbocycles. The number of nitrogens with one attached hydrogen (secondary N) is 2. The summed E-state index contributed by atoms with van der Waals surface area (Å²) in [6.07, 6.45) is 7.48. The Bertz CT molecular complexity index is 557. The van der Waals surface area contributed by atoms with Crippen molar-refractivity contribution in [1.29, 1.82) is 0 Å². The molecule has 0 amide bonds. The number of aliphatic imine (C=N–C) groups is 1. The average Bonchev–Trinajstić information content (AvgIpc) is 2.88. The lowest BCUT2D eigenvalue weighted by Gasteiger charge is -2.47. The summed E-state index contributed by atoms with van der Waals surface area (Å²) in [5.74, 6) is 1.61. The van der Waals surface area contributed by atoms with Gasteiger partial charge in [-0.3, -0.25) is 4.99 Å². The molecule has 3 aliphatic rings. The molecule has 1 aliphatic carbocycles. The van der Waals surface area contributed by atoms with E-state index < -0.39 is 9.84 Å². The first-order chi connectivity index (χ1) is 11.5. The summed E-state index contributed by atoms with van der Waals surface area (Å²) in [4.78, 5) is 4.68. The van der Waals surface area contributed by atoms with Crippen molar-refractivity contribution in [2.45, 2.75) is 63.5 Å². The molecule has 2 aliphatic heterocycles. The molecule has 0 aromatic carbocycles. The maximum atomic E-state index is 11.6. The molecule has 0 aromatic rings. The fraction of sp³-hybridized carbons (Fsp3) is 0.941. The number of ether oxygens (including phenoxy) is 1. The number of hydrogen-bond acceptors (Lipinski definition) is 4. The van der Waals surface area contributed by atoms with Crippen LogP contribution in [-0.2, 0) is 14.6 Å². The van der Waals surface area contributed by atoms with Gasteiger partial charge in [0, 0.05) is 25.7 Å². The molecule has 2 saturated heterocycles. The first-order valence-corrected chi connectivity index (χ1v) is 11.2. The molecular weight excluding hydrogens is 326 g/mol. The largest absolute Gasteiger partial charge is 0.375 e. The SMILES string of the molecule is CCCNC(=NCC1CCS(=O)(=O)C1)NC1CCOC2(CCC2)C1. The van der Waals surface area contributed by atoms with E-state index >= 15 is 0 Å². The van der Waals surface area contributed by atoms with Crippen LogP contribution in [0.5, 0.6) is 0 Å². The van der Waals surface area contributed by atoms with E-state index in [2.05, 4.69) is 22.5 Å². The van der Waals surface area contributed by atoms with Gasteiger partial charge < -0.3 is 15.4 Å². The van der Waals surface area contributed by atoms with E-state index in [4.69, 9.17) is 4.74 Å². The van der Waals surface area contributed by atoms with Crippen LogP contribution in [0.2, 0.25) is 0 Å². The highest BCUT2D eigenvalue weighted by molar-refractivity contribution is 7.91. The van der Waals surface area contributed by atoms with E-state index in [0.29, 0.717) is 18.3 Å². The Kier molecular flexibility index (Phi) is 5.70. The van der Waals surface area contributed by atoms with Gasteiger partial charge in [-0.2, -0.15) is 0 Å². The van der Waals surface area contributed by atoms with Gasteiger partial charge in [-0.1, -0.05) is 6.92 Å². The first kappa shape index (κ1) is 18.0. The van der Waals surface area contributed by atoms with Crippen LogP contribution in [0, 0.1) is 5.92 Å². The van der Waals surface area contributed by atoms with Gasteiger partial charge in [0.2, 0.25) is 0 Å². The summed E-state index contributed by atoms with van der Waals surface area (Å²) in [6.45, 7) is 4.42. The summed E-state index contributed by atoms with van der Waals surface area (Å²) in [7, 11) is -2.83.